The van der Waals surface area contributed by atoms with E-state index in [2.05, 4.69) is 4.74 Å². The van der Waals surface area contributed by atoms with E-state index < -0.39 is 18.1 Å². The van der Waals surface area contributed by atoms with Gasteiger partial charge in [0.15, 0.2) is 0 Å². The predicted octanol–water partition coefficient (Wildman–Crippen LogP) is 3.17. The zero-order valence-electron chi connectivity index (χ0n) is 10.3. The second-order valence-corrected chi connectivity index (χ2v) is 4.75. The summed E-state index contributed by atoms with van der Waals surface area (Å²) in [6.07, 6.45) is -5.10. The molecule has 0 atom stereocenters. The zero-order chi connectivity index (χ0) is 15.3. The maximum Gasteiger partial charge on any atom is 0.573 e. The van der Waals surface area contributed by atoms with Crippen LogP contribution in [0.3, 0.4) is 0 Å². The Morgan fingerprint density at radius 1 is 1.45 bits per heavy atom. The van der Waals surface area contributed by atoms with Gasteiger partial charge >= 0.3 is 12.3 Å². The molecule has 0 unspecified atom stereocenters. The molecule has 0 fully saturated rings. The van der Waals surface area contributed by atoms with Gasteiger partial charge in [0.25, 0.3) is 0 Å². The number of carbonyl (C=O) groups excluding carboxylic acids is 1. The van der Waals surface area contributed by atoms with Gasteiger partial charge in [-0.2, -0.15) is 5.26 Å². The van der Waals surface area contributed by atoms with Crippen molar-refractivity contribution in [2.45, 2.75) is 19.7 Å². The molecule has 8 heteroatoms. The highest BCUT2D eigenvalue weighted by Gasteiger charge is 2.33. The summed E-state index contributed by atoms with van der Waals surface area (Å²) >= 11 is 1.71. The molecule has 108 valence electrons. The van der Waals surface area contributed by atoms with Crippen molar-refractivity contribution >= 4 is 28.6 Å². The third-order valence-corrected chi connectivity index (χ3v) is 2.96. The molecule has 0 bridgehead atoms. The van der Waals surface area contributed by atoms with Gasteiger partial charge in [0.1, 0.15) is 17.4 Å². The Kier molecular flexibility index (Phi) is 5.62. The van der Waals surface area contributed by atoms with Crippen molar-refractivity contribution in [1.29, 1.82) is 5.26 Å². The van der Waals surface area contributed by atoms with Crippen LogP contribution in [-0.4, -0.2) is 18.9 Å². The van der Waals surface area contributed by atoms with Crippen molar-refractivity contribution in [3.05, 3.63) is 26.8 Å². The number of ether oxygens (including phenoxy) is 2. The van der Waals surface area contributed by atoms with Crippen molar-refractivity contribution in [3.8, 4) is 11.8 Å². The molecule has 1 rings (SSSR count). The molecule has 0 saturated heterocycles. The number of hydrogen-bond donors (Lipinski definition) is 0. The molecule has 1 aromatic carbocycles. The van der Waals surface area contributed by atoms with Crippen molar-refractivity contribution in [2.24, 2.45) is 0 Å². The Balaban J connectivity index is 3.12. The van der Waals surface area contributed by atoms with E-state index in [0.717, 1.165) is 6.07 Å². The summed E-state index contributed by atoms with van der Waals surface area (Å²) in [6.45, 7) is 1.80. The predicted molar refractivity (Wildman–Crippen MR) is 70.9 cm³/mol. The number of esters is 1. The van der Waals surface area contributed by atoms with E-state index >= 15 is 0 Å². The van der Waals surface area contributed by atoms with Gasteiger partial charge in [-0.3, -0.25) is 4.79 Å². The number of benzene rings is 1. The average Bonchev–Trinajstić information content (AvgIpc) is 2.26. The first-order chi connectivity index (χ1) is 9.26. The van der Waals surface area contributed by atoms with Crippen LogP contribution in [0.2, 0.25) is 0 Å². The molecule has 0 saturated carbocycles. The Bertz CT molecular complexity index is 552. The number of carbonyl (C=O) groups is 1. The second kappa shape index (κ2) is 6.78. The van der Waals surface area contributed by atoms with Gasteiger partial charge in [0.05, 0.1) is 13.0 Å². The molecule has 0 spiro atoms. The van der Waals surface area contributed by atoms with Crippen molar-refractivity contribution in [3.63, 3.8) is 0 Å². The minimum Gasteiger partial charge on any atom is -0.466 e. The lowest BCUT2D eigenvalue weighted by Crippen LogP contribution is -2.18. The van der Waals surface area contributed by atoms with E-state index in [0.29, 0.717) is 0 Å². The first-order valence-electron chi connectivity index (χ1n) is 5.40. The molecule has 0 aliphatic heterocycles. The molecule has 20 heavy (non-hydrogen) atoms. The van der Waals surface area contributed by atoms with Crippen LogP contribution < -0.4 is 4.74 Å². The molecule has 1 aromatic rings. The van der Waals surface area contributed by atoms with Crippen LogP contribution in [0.1, 0.15) is 18.1 Å². The summed E-state index contributed by atoms with van der Waals surface area (Å²) in [5, 5.41) is 8.86. The summed E-state index contributed by atoms with van der Waals surface area (Å²) < 4.78 is 45.6. The lowest BCUT2D eigenvalue weighted by atomic mass is 10.1. The van der Waals surface area contributed by atoms with Crippen LogP contribution >= 0.6 is 22.6 Å². The number of nitriles is 1. The number of halogens is 4. The summed E-state index contributed by atoms with van der Waals surface area (Å²) in [4.78, 5) is 11.3. The van der Waals surface area contributed by atoms with Crippen molar-refractivity contribution < 1.29 is 27.4 Å². The minimum atomic E-state index is -4.91. The van der Waals surface area contributed by atoms with Gasteiger partial charge in [-0.1, -0.05) is 0 Å². The van der Waals surface area contributed by atoms with Gasteiger partial charge in [-0.15, -0.1) is 13.2 Å². The molecule has 0 aliphatic rings. The highest BCUT2D eigenvalue weighted by Crippen LogP contribution is 2.30. The van der Waals surface area contributed by atoms with Crippen LogP contribution in [-0.2, 0) is 16.0 Å². The highest BCUT2D eigenvalue weighted by atomic mass is 127. The van der Waals surface area contributed by atoms with E-state index in [-0.39, 0.29) is 27.7 Å². The van der Waals surface area contributed by atoms with E-state index in [1.54, 1.807) is 35.6 Å². The van der Waals surface area contributed by atoms with Gasteiger partial charge in [-0.05, 0) is 47.2 Å². The normalized spacial score (nSPS) is 10.8. The van der Waals surface area contributed by atoms with Crippen LogP contribution in [0.25, 0.3) is 0 Å². The van der Waals surface area contributed by atoms with Gasteiger partial charge < -0.3 is 9.47 Å². The first kappa shape index (κ1) is 16.6. The first-order valence-corrected chi connectivity index (χ1v) is 6.48. The fourth-order valence-electron chi connectivity index (χ4n) is 1.43. The van der Waals surface area contributed by atoms with E-state index in [4.69, 9.17) is 10.00 Å². The van der Waals surface area contributed by atoms with Crippen LogP contribution in [0.15, 0.2) is 12.1 Å². The molecular weight excluding hydrogens is 390 g/mol. The summed E-state index contributed by atoms with van der Waals surface area (Å²) in [5.74, 6) is -1.18. The van der Waals surface area contributed by atoms with E-state index in [1.807, 2.05) is 0 Å². The Labute approximate surface area is 126 Å². The largest absolute Gasteiger partial charge is 0.573 e. The second-order valence-electron chi connectivity index (χ2n) is 3.59. The molecule has 0 aromatic heterocycles. The topological polar surface area (TPSA) is 59.3 Å². The fourth-order valence-corrected chi connectivity index (χ4v) is 2.22. The van der Waals surface area contributed by atoms with Crippen LogP contribution in [0.4, 0.5) is 13.2 Å². The molecule has 0 heterocycles. The standard InChI is InChI=1S/C12H9F3INO3/c1-2-19-11(18)5-7-3-9(16)8(6-17)10(4-7)20-12(13,14)15/h3-4H,2,5H2,1H3. The fraction of sp³-hybridized carbons (Fsp3) is 0.333. The summed E-state index contributed by atoms with van der Waals surface area (Å²) in [5.41, 5.74) is 0.0571. The molecule has 0 radical (unpaired) electrons. The third-order valence-electron chi connectivity index (χ3n) is 2.11. The van der Waals surface area contributed by atoms with Crippen molar-refractivity contribution in [2.75, 3.05) is 6.61 Å². The van der Waals surface area contributed by atoms with Crippen molar-refractivity contribution in [1.82, 2.24) is 0 Å². The number of rotatable bonds is 4. The maximum atomic E-state index is 12.3. The van der Waals surface area contributed by atoms with E-state index in [1.165, 1.54) is 6.07 Å². The van der Waals surface area contributed by atoms with Crippen LogP contribution in [0.5, 0.6) is 5.75 Å². The summed E-state index contributed by atoms with van der Waals surface area (Å²) in [6, 6.07) is 4.11. The zero-order valence-corrected chi connectivity index (χ0v) is 12.4. The smallest absolute Gasteiger partial charge is 0.466 e. The van der Waals surface area contributed by atoms with E-state index in [9.17, 15) is 18.0 Å². The lowest BCUT2D eigenvalue weighted by molar-refractivity contribution is -0.274. The molecule has 0 N–H and O–H groups in total. The minimum absolute atomic E-state index is 0.179. The molecule has 4 nitrogen and oxygen atoms in total. The van der Waals surface area contributed by atoms with Gasteiger partial charge in [-0.25, -0.2) is 0 Å². The van der Waals surface area contributed by atoms with Crippen LogP contribution in [0, 0.1) is 14.9 Å². The monoisotopic (exact) mass is 399 g/mol. The quantitative estimate of drug-likeness (QED) is 0.577. The number of nitrogens with zero attached hydrogens (tertiary/aromatic N) is 1. The lowest BCUT2D eigenvalue weighted by Gasteiger charge is -2.13. The van der Waals surface area contributed by atoms with Gasteiger partial charge in [0.2, 0.25) is 0 Å². The Morgan fingerprint density at radius 3 is 2.60 bits per heavy atom. The SMILES string of the molecule is CCOC(=O)Cc1cc(I)c(C#N)c(OC(F)(F)F)c1. The highest BCUT2D eigenvalue weighted by molar-refractivity contribution is 14.1. The number of alkyl halides is 3. The summed E-state index contributed by atoms with van der Waals surface area (Å²) in [7, 11) is 0. The average molecular weight is 399 g/mol. The maximum absolute atomic E-state index is 12.3. The third kappa shape index (κ3) is 4.88. The molecule has 0 amide bonds. The van der Waals surface area contributed by atoms with Gasteiger partial charge in [0, 0.05) is 3.57 Å². The molecular formula is C12H9F3INO3. The Hall–Kier alpha value is -1.50. The molecule has 0 aliphatic carbocycles. The Morgan fingerprint density at radius 2 is 2.10 bits per heavy atom. The number of hydrogen-bond acceptors (Lipinski definition) is 4.